The number of pyridine rings is 1. The number of rotatable bonds is 11. The van der Waals surface area contributed by atoms with Crippen LogP contribution in [0.15, 0.2) is 24.5 Å². The summed E-state index contributed by atoms with van der Waals surface area (Å²) in [6.07, 6.45) is 12.5. The van der Waals surface area contributed by atoms with Crippen LogP contribution in [0.2, 0.25) is 0 Å². The third kappa shape index (κ3) is 6.39. The number of hydrogen-bond acceptors (Lipinski definition) is 6. The molecule has 2 N–H and O–H groups in total. The summed E-state index contributed by atoms with van der Waals surface area (Å²) in [6.45, 7) is 10.5. The van der Waals surface area contributed by atoms with Crippen molar-refractivity contribution in [1.82, 2.24) is 19.9 Å². The molecular formula is C24H38N6. The van der Waals surface area contributed by atoms with Gasteiger partial charge in [-0.05, 0) is 44.0 Å². The van der Waals surface area contributed by atoms with Crippen LogP contribution in [-0.4, -0.2) is 45.5 Å². The lowest BCUT2D eigenvalue weighted by molar-refractivity contribution is 0.295. The molecule has 2 aromatic heterocycles. The van der Waals surface area contributed by atoms with E-state index >= 15 is 0 Å². The molecule has 1 fully saturated rings. The molecule has 1 aliphatic rings. The van der Waals surface area contributed by atoms with Crippen LogP contribution < -0.4 is 10.6 Å². The molecule has 1 saturated carbocycles. The van der Waals surface area contributed by atoms with Crippen molar-refractivity contribution < 1.29 is 0 Å². The van der Waals surface area contributed by atoms with E-state index in [0.29, 0.717) is 12.0 Å². The fourth-order valence-corrected chi connectivity index (χ4v) is 3.96. The first kappa shape index (κ1) is 22.5. The Labute approximate surface area is 181 Å². The minimum atomic E-state index is 0.484. The Morgan fingerprint density at radius 1 is 1.00 bits per heavy atom. The number of anilines is 2. The van der Waals surface area contributed by atoms with E-state index in [1.807, 2.05) is 12.4 Å². The van der Waals surface area contributed by atoms with Gasteiger partial charge >= 0.3 is 0 Å². The molecule has 0 saturated heterocycles. The summed E-state index contributed by atoms with van der Waals surface area (Å²) >= 11 is 0. The molecule has 0 spiro atoms. The van der Waals surface area contributed by atoms with Crippen LogP contribution in [0.1, 0.15) is 71.3 Å². The molecule has 164 valence electrons. The molecule has 6 nitrogen and oxygen atoms in total. The highest BCUT2D eigenvalue weighted by Gasteiger charge is 2.18. The van der Waals surface area contributed by atoms with Crippen LogP contribution >= 0.6 is 0 Å². The van der Waals surface area contributed by atoms with E-state index in [0.717, 1.165) is 56.1 Å². The highest BCUT2D eigenvalue weighted by Crippen LogP contribution is 2.29. The molecule has 0 amide bonds. The van der Waals surface area contributed by atoms with Gasteiger partial charge in [0.05, 0.1) is 11.3 Å². The maximum absolute atomic E-state index is 4.83. The predicted molar refractivity (Wildman–Crippen MR) is 126 cm³/mol. The van der Waals surface area contributed by atoms with Crippen molar-refractivity contribution in [2.75, 3.05) is 30.3 Å². The largest absolute Gasteiger partial charge is 0.367 e. The molecule has 0 unspecified atom stereocenters. The fraction of sp³-hybridized carbons (Fsp3) is 0.625. The smallest absolute Gasteiger partial charge is 0.224 e. The minimum absolute atomic E-state index is 0.484. The van der Waals surface area contributed by atoms with Crippen LogP contribution in [0.4, 0.5) is 11.8 Å². The van der Waals surface area contributed by atoms with Gasteiger partial charge in [-0.2, -0.15) is 4.98 Å². The van der Waals surface area contributed by atoms with Crippen molar-refractivity contribution in [2.24, 2.45) is 0 Å². The third-order valence-corrected chi connectivity index (χ3v) is 5.95. The number of hydrogen-bond donors (Lipinski definition) is 2. The summed E-state index contributed by atoms with van der Waals surface area (Å²) in [6, 6.07) is 4.77. The average Bonchev–Trinajstić information content (AvgIpc) is 2.79. The predicted octanol–water partition coefficient (Wildman–Crippen LogP) is 5.34. The van der Waals surface area contributed by atoms with Gasteiger partial charge in [0.1, 0.15) is 5.82 Å². The first-order valence-electron chi connectivity index (χ1n) is 11.8. The molecule has 2 aromatic rings. The standard InChI is InChI=1S/C24H38N6/c1-4-7-15-25-24-27-17-21(23(29-24)28-20-11-9-8-10-12-20)22-14-13-19(16-26-22)18-30(5-2)6-3/h13-14,16-17,20H,4-12,15,18H2,1-3H3,(H2,25,27,28,29). The van der Waals surface area contributed by atoms with E-state index < -0.39 is 0 Å². The highest BCUT2D eigenvalue weighted by molar-refractivity contribution is 5.72. The lowest BCUT2D eigenvalue weighted by atomic mass is 9.95. The van der Waals surface area contributed by atoms with Crippen LogP contribution in [-0.2, 0) is 6.54 Å². The molecule has 2 heterocycles. The maximum atomic E-state index is 4.83. The average molecular weight is 411 g/mol. The van der Waals surface area contributed by atoms with E-state index in [1.165, 1.54) is 37.7 Å². The zero-order chi connectivity index (χ0) is 21.2. The SMILES string of the molecule is CCCCNc1ncc(-c2ccc(CN(CC)CC)cn2)c(NC2CCCCC2)n1. The quantitative estimate of drug-likeness (QED) is 0.488. The lowest BCUT2D eigenvalue weighted by Gasteiger charge is -2.24. The molecule has 0 aromatic carbocycles. The summed E-state index contributed by atoms with van der Waals surface area (Å²) in [5.74, 6) is 1.60. The van der Waals surface area contributed by atoms with Crippen molar-refractivity contribution in [2.45, 2.75) is 78.3 Å². The molecule has 0 radical (unpaired) electrons. The topological polar surface area (TPSA) is 66.0 Å². The number of nitrogens with one attached hydrogen (secondary N) is 2. The van der Waals surface area contributed by atoms with Gasteiger partial charge in [-0.15, -0.1) is 0 Å². The molecule has 1 aliphatic carbocycles. The Balaban J connectivity index is 1.80. The van der Waals surface area contributed by atoms with Gasteiger partial charge in [0.2, 0.25) is 5.95 Å². The van der Waals surface area contributed by atoms with Gasteiger partial charge in [0, 0.05) is 31.5 Å². The molecule has 0 bridgehead atoms. The Bertz CT molecular complexity index is 751. The minimum Gasteiger partial charge on any atom is -0.367 e. The molecule has 0 atom stereocenters. The maximum Gasteiger partial charge on any atom is 0.224 e. The van der Waals surface area contributed by atoms with Gasteiger partial charge in [-0.3, -0.25) is 9.88 Å². The van der Waals surface area contributed by atoms with Crippen LogP contribution in [0.25, 0.3) is 11.3 Å². The Kier molecular flexibility index (Phi) is 8.87. The van der Waals surface area contributed by atoms with Gasteiger partial charge in [-0.1, -0.05) is 52.5 Å². The normalized spacial score (nSPS) is 14.8. The summed E-state index contributed by atoms with van der Waals surface area (Å²) in [5, 5.41) is 7.06. The second kappa shape index (κ2) is 11.8. The fourth-order valence-electron chi connectivity index (χ4n) is 3.96. The highest BCUT2D eigenvalue weighted by atomic mass is 15.1. The van der Waals surface area contributed by atoms with E-state index in [-0.39, 0.29) is 0 Å². The van der Waals surface area contributed by atoms with Gasteiger partial charge in [0.15, 0.2) is 0 Å². The zero-order valence-corrected chi connectivity index (χ0v) is 19.0. The van der Waals surface area contributed by atoms with Crippen molar-refractivity contribution in [1.29, 1.82) is 0 Å². The van der Waals surface area contributed by atoms with Crippen LogP contribution in [0, 0.1) is 0 Å². The van der Waals surface area contributed by atoms with Gasteiger partial charge < -0.3 is 10.6 Å². The number of unbranched alkanes of at least 4 members (excludes halogenated alkanes) is 1. The van der Waals surface area contributed by atoms with Crippen molar-refractivity contribution in [3.05, 3.63) is 30.1 Å². The number of aromatic nitrogens is 3. The van der Waals surface area contributed by atoms with Crippen molar-refractivity contribution >= 4 is 11.8 Å². The van der Waals surface area contributed by atoms with Gasteiger partial charge in [-0.25, -0.2) is 4.98 Å². The van der Waals surface area contributed by atoms with Crippen molar-refractivity contribution in [3.63, 3.8) is 0 Å². The summed E-state index contributed by atoms with van der Waals surface area (Å²) in [7, 11) is 0. The second-order valence-electron chi connectivity index (χ2n) is 8.23. The Morgan fingerprint density at radius 3 is 2.47 bits per heavy atom. The number of nitrogens with zero attached hydrogens (tertiary/aromatic N) is 4. The monoisotopic (exact) mass is 410 g/mol. The summed E-state index contributed by atoms with van der Waals surface area (Å²) in [5.41, 5.74) is 3.15. The second-order valence-corrected chi connectivity index (χ2v) is 8.23. The lowest BCUT2D eigenvalue weighted by Crippen LogP contribution is -2.23. The van der Waals surface area contributed by atoms with E-state index in [9.17, 15) is 0 Å². The Hall–Kier alpha value is -2.21. The van der Waals surface area contributed by atoms with Crippen LogP contribution in [0.3, 0.4) is 0 Å². The summed E-state index contributed by atoms with van der Waals surface area (Å²) < 4.78 is 0. The molecule has 0 aliphatic heterocycles. The van der Waals surface area contributed by atoms with E-state index in [1.54, 1.807) is 0 Å². The summed E-state index contributed by atoms with van der Waals surface area (Å²) in [4.78, 5) is 16.6. The molecule has 6 heteroatoms. The third-order valence-electron chi connectivity index (χ3n) is 5.95. The van der Waals surface area contributed by atoms with Crippen LogP contribution in [0.5, 0.6) is 0 Å². The molecular weight excluding hydrogens is 372 g/mol. The van der Waals surface area contributed by atoms with Gasteiger partial charge in [0.25, 0.3) is 0 Å². The Morgan fingerprint density at radius 2 is 1.80 bits per heavy atom. The van der Waals surface area contributed by atoms with E-state index in [2.05, 4.69) is 53.4 Å². The first-order chi connectivity index (χ1) is 14.7. The van der Waals surface area contributed by atoms with Crippen molar-refractivity contribution in [3.8, 4) is 11.3 Å². The first-order valence-corrected chi connectivity index (χ1v) is 11.8. The van der Waals surface area contributed by atoms with E-state index in [4.69, 9.17) is 9.97 Å². The molecule has 3 rings (SSSR count). The zero-order valence-electron chi connectivity index (χ0n) is 19.0. The molecule has 30 heavy (non-hydrogen) atoms.